The first-order valence-electron chi connectivity index (χ1n) is 6.94. The topological polar surface area (TPSA) is 57.5 Å². The van der Waals surface area contributed by atoms with Crippen LogP contribution in [0.25, 0.3) is 11.1 Å². The van der Waals surface area contributed by atoms with Gasteiger partial charge in [0, 0.05) is 15.9 Å². The normalized spacial score (nSPS) is 14.4. The standard InChI is InChI=1S/C18H13O3P/c19-12-6-8-17-15(10-12)16-11-13(20)7-9-18(16)22(17,21)14-4-2-1-3-5-14/h1-11,19-20H. The molecule has 3 nitrogen and oxygen atoms in total. The Morgan fingerprint density at radius 1 is 0.682 bits per heavy atom. The summed E-state index contributed by atoms with van der Waals surface area (Å²) in [5, 5.41) is 21.7. The third kappa shape index (κ3) is 1.66. The largest absolute Gasteiger partial charge is 0.508 e. The summed E-state index contributed by atoms with van der Waals surface area (Å²) in [5.41, 5.74) is 1.44. The highest BCUT2D eigenvalue weighted by Crippen LogP contribution is 2.53. The van der Waals surface area contributed by atoms with Crippen molar-refractivity contribution in [3.63, 3.8) is 0 Å². The molecule has 4 rings (SSSR count). The fourth-order valence-corrected chi connectivity index (χ4v) is 6.10. The van der Waals surface area contributed by atoms with Crippen LogP contribution in [0.4, 0.5) is 0 Å². The summed E-state index contributed by atoms with van der Waals surface area (Å²) in [6.45, 7) is 0. The molecule has 1 aliphatic heterocycles. The van der Waals surface area contributed by atoms with Crippen molar-refractivity contribution in [2.75, 3.05) is 0 Å². The van der Waals surface area contributed by atoms with Crippen LogP contribution in [-0.2, 0) is 4.57 Å². The number of phenols is 2. The second-order valence-corrected chi connectivity index (χ2v) is 8.05. The fraction of sp³-hybridized carbons (Fsp3) is 0. The molecule has 0 aromatic heterocycles. The Hall–Kier alpha value is -2.51. The Kier molecular flexibility index (Phi) is 2.69. The minimum atomic E-state index is -2.96. The highest BCUT2D eigenvalue weighted by Gasteiger charge is 2.40. The zero-order valence-corrected chi connectivity index (χ0v) is 12.5. The number of rotatable bonds is 1. The lowest BCUT2D eigenvalue weighted by Crippen LogP contribution is -2.20. The summed E-state index contributed by atoms with van der Waals surface area (Å²) in [6, 6.07) is 19.1. The SMILES string of the molecule is O=P1(c2ccccc2)c2ccc(O)cc2-c2cc(O)ccc21. The summed E-state index contributed by atoms with van der Waals surface area (Å²) in [4.78, 5) is 0. The van der Waals surface area contributed by atoms with Gasteiger partial charge < -0.3 is 14.8 Å². The van der Waals surface area contributed by atoms with Gasteiger partial charge in [0.25, 0.3) is 0 Å². The van der Waals surface area contributed by atoms with Crippen LogP contribution in [0.3, 0.4) is 0 Å². The number of fused-ring (bicyclic) bond motifs is 3. The maximum absolute atomic E-state index is 13.9. The van der Waals surface area contributed by atoms with Crippen molar-refractivity contribution in [3.8, 4) is 22.6 Å². The third-order valence-electron chi connectivity index (χ3n) is 4.05. The highest BCUT2D eigenvalue weighted by atomic mass is 31.2. The Morgan fingerprint density at radius 2 is 1.18 bits per heavy atom. The molecule has 3 aromatic rings. The first-order valence-corrected chi connectivity index (χ1v) is 8.64. The number of phenolic OH excluding ortho intramolecular Hbond substituents is 2. The van der Waals surface area contributed by atoms with E-state index >= 15 is 0 Å². The molecule has 0 saturated carbocycles. The van der Waals surface area contributed by atoms with E-state index in [-0.39, 0.29) is 11.5 Å². The minimum absolute atomic E-state index is 0.120. The van der Waals surface area contributed by atoms with Crippen molar-refractivity contribution in [1.29, 1.82) is 0 Å². The van der Waals surface area contributed by atoms with Gasteiger partial charge in [0.2, 0.25) is 0 Å². The fourth-order valence-electron chi connectivity index (χ4n) is 3.07. The van der Waals surface area contributed by atoms with E-state index in [2.05, 4.69) is 0 Å². The van der Waals surface area contributed by atoms with E-state index in [4.69, 9.17) is 0 Å². The lowest BCUT2D eigenvalue weighted by molar-refractivity contribution is 0.474. The van der Waals surface area contributed by atoms with E-state index < -0.39 is 7.14 Å². The maximum atomic E-state index is 13.9. The van der Waals surface area contributed by atoms with Gasteiger partial charge >= 0.3 is 0 Å². The number of aromatic hydroxyl groups is 2. The van der Waals surface area contributed by atoms with Gasteiger partial charge in [-0.3, -0.25) is 0 Å². The Bertz CT molecular complexity index is 877. The summed E-state index contributed by atoms with van der Waals surface area (Å²) in [6.07, 6.45) is 0. The summed E-state index contributed by atoms with van der Waals surface area (Å²) in [7, 11) is -2.96. The quantitative estimate of drug-likeness (QED) is 0.532. The second-order valence-electron chi connectivity index (χ2n) is 5.35. The van der Waals surface area contributed by atoms with Gasteiger partial charge in [-0.2, -0.15) is 0 Å². The molecule has 0 unspecified atom stereocenters. The van der Waals surface area contributed by atoms with E-state index in [1.54, 1.807) is 36.4 Å². The molecule has 22 heavy (non-hydrogen) atoms. The van der Waals surface area contributed by atoms with Crippen LogP contribution < -0.4 is 15.9 Å². The smallest absolute Gasteiger partial charge is 0.172 e. The van der Waals surface area contributed by atoms with Crippen LogP contribution in [0.1, 0.15) is 0 Å². The first-order chi connectivity index (χ1) is 10.6. The molecule has 2 N–H and O–H groups in total. The summed E-state index contributed by atoms with van der Waals surface area (Å²) in [5.74, 6) is 0.240. The Balaban J connectivity index is 2.13. The van der Waals surface area contributed by atoms with Crippen molar-refractivity contribution in [3.05, 3.63) is 66.7 Å². The van der Waals surface area contributed by atoms with E-state index in [9.17, 15) is 14.8 Å². The average Bonchev–Trinajstić information content (AvgIpc) is 2.78. The van der Waals surface area contributed by atoms with Crippen LogP contribution >= 0.6 is 7.14 Å². The summed E-state index contributed by atoms with van der Waals surface area (Å²) < 4.78 is 13.9. The number of benzene rings is 3. The van der Waals surface area contributed by atoms with Crippen LogP contribution in [0, 0.1) is 0 Å². The first kappa shape index (κ1) is 13.2. The molecule has 3 aromatic carbocycles. The molecular weight excluding hydrogens is 295 g/mol. The van der Waals surface area contributed by atoms with Gasteiger partial charge in [0.15, 0.2) is 7.14 Å². The maximum Gasteiger partial charge on any atom is 0.172 e. The van der Waals surface area contributed by atoms with Crippen LogP contribution in [0.2, 0.25) is 0 Å². The molecule has 0 amide bonds. The van der Waals surface area contributed by atoms with Crippen molar-refractivity contribution in [2.24, 2.45) is 0 Å². The van der Waals surface area contributed by atoms with Gasteiger partial charge in [0.05, 0.1) is 0 Å². The molecular formula is C18H13O3P. The molecule has 0 bridgehead atoms. The zero-order chi connectivity index (χ0) is 15.3. The van der Waals surface area contributed by atoms with Crippen molar-refractivity contribution in [1.82, 2.24) is 0 Å². The van der Waals surface area contributed by atoms with Crippen molar-refractivity contribution >= 4 is 23.1 Å². The van der Waals surface area contributed by atoms with Gasteiger partial charge in [-0.1, -0.05) is 30.3 Å². The van der Waals surface area contributed by atoms with E-state index in [1.807, 2.05) is 30.3 Å². The highest BCUT2D eigenvalue weighted by molar-refractivity contribution is 7.86. The molecule has 0 atom stereocenters. The molecule has 108 valence electrons. The minimum Gasteiger partial charge on any atom is -0.508 e. The zero-order valence-electron chi connectivity index (χ0n) is 11.6. The molecule has 4 heteroatoms. The Labute approximate surface area is 127 Å². The van der Waals surface area contributed by atoms with Crippen LogP contribution in [-0.4, -0.2) is 10.2 Å². The molecule has 1 aliphatic rings. The third-order valence-corrected chi connectivity index (χ3v) is 7.21. The monoisotopic (exact) mass is 308 g/mol. The average molecular weight is 308 g/mol. The molecule has 0 fully saturated rings. The predicted molar refractivity (Wildman–Crippen MR) is 88.2 cm³/mol. The van der Waals surface area contributed by atoms with Crippen LogP contribution in [0.15, 0.2) is 66.7 Å². The van der Waals surface area contributed by atoms with Crippen LogP contribution in [0.5, 0.6) is 11.5 Å². The van der Waals surface area contributed by atoms with E-state index in [1.165, 1.54) is 0 Å². The van der Waals surface area contributed by atoms with Gasteiger partial charge in [-0.25, -0.2) is 0 Å². The number of hydrogen-bond donors (Lipinski definition) is 2. The predicted octanol–water partition coefficient (Wildman–Crippen LogP) is 2.72. The molecule has 0 spiro atoms. The van der Waals surface area contributed by atoms with Crippen molar-refractivity contribution in [2.45, 2.75) is 0 Å². The van der Waals surface area contributed by atoms with Crippen molar-refractivity contribution < 1.29 is 14.8 Å². The van der Waals surface area contributed by atoms with Gasteiger partial charge in [0.1, 0.15) is 11.5 Å². The Morgan fingerprint density at radius 3 is 1.68 bits per heavy atom. The number of hydrogen-bond acceptors (Lipinski definition) is 3. The summed E-state index contributed by atoms with van der Waals surface area (Å²) >= 11 is 0. The molecule has 0 aliphatic carbocycles. The molecule has 1 heterocycles. The van der Waals surface area contributed by atoms with E-state index in [0.29, 0.717) is 10.6 Å². The van der Waals surface area contributed by atoms with E-state index in [0.717, 1.165) is 16.4 Å². The lowest BCUT2D eigenvalue weighted by Gasteiger charge is -2.15. The molecule has 0 radical (unpaired) electrons. The van der Waals surface area contributed by atoms with Gasteiger partial charge in [-0.05, 0) is 47.5 Å². The second kappa shape index (κ2) is 4.49. The van der Waals surface area contributed by atoms with Gasteiger partial charge in [-0.15, -0.1) is 0 Å². The lowest BCUT2D eigenvalue weighted by atomic mass is 10.1. The molecule has 0 saturated heterocycles.